The molecule has 2 N–H and O–H groups in total. The summed E-state index contributed by atoms with van der Waals surface area (Å²) in [6.45, 7) is 3.64. The molecule has 13 nitrogen and oxygen atoms in total. The van der Waals surface area contributed by atoms with Crippen LogP contribution in [0.15, 0.2) is 12.1 Å². The molecule has 0 aliphatic rings. The van der Waals surface area contributed by atoms with E-state index in [1.165, 1.54) is 0 Å². The SMILES string of the molecule is CCOP(=O)(CC(=O)O)OCC.O=C(O)c1cc([N+](=O)[O-])c(Cl)c([N+](=O)[O-])c1. The number of carbonyl (C=O) groups is 2. The van der Waals surface area contributed by atoms with Crippen molar-refractivity contribution in [1.82, 2.24) is 0 Å². The molecule has 0 unspecified atom stereocenters. The molecule has 0 amide bonds. The Morgan fingerprint density at radius 3 is 1.71 bits per heavy atom. The molecule has 1 aromatic carbocycles. The van der Waals surface area contributed by atoms with Crippen LogP contribution in [-0.2, 0) is 18.4 Å². The smallest absolute Gasteiger partial charge is 0.341 e. The van der Waals surface area contributed by atoms with E-state index in [0.29, 0.717) is 12.1 Å². The van der Waals surface area contributed by atoms with Crippen molar-refractivity contribution in [3.8, 4) is 0 Å². The van der Waals surface area contributed by atoms with E-state index in [1.54, 1.807) is 13.8 Å². The Kier molecular flexibility index (Phi) is 10.2. The van der Waals surface area contributed by atoms with E-state index in [2.05, 4.69) is 0 Å². The van der Waals surface area contributed by atoms with Crippen LogP contribution in [0, 0.1) is 20.2 Å². The van der Waals surface area contributed by atoms with Crippen molar-refractivity contribution < 1.29 is 43.3 Å². The third-order valence-electron chi connectivity index (χ3n) is 2.66. The maximum atomic E-state index is 11.4. The molecule has 0 radical (unpaired) electrons. The fourth-order valence-electron chi connectivity index (χ4n) is 1.67. The first-order valence-corrected chi connectivity index (χ1v) is 9.44. The van der Waals surface area contributed by atoms with E-state index >= 15 is 0 Å². The molecule has 0 spiro atoms. The summed E-state index contributed by atoms with van der Waals surface area (Å²) >= 11 is 5.40. The fourth-order valence-corrected chi connectivity index (χ4v) is 3.29. The summed E-state index contributed by atoms with van der Waals surface area (Å²) in [5, 5.41) is 37.2. The van der Waals surface area contributed by atoms with Crippen LogP contribution in [0.1, 0.15) is 24.2 Å². The van der Waals surface area contributed by atoms with Gasteiger partial charge in [-0.05, 0) is 13.8 Å². The number of aliphatic carboxylic acids is 1. The molecule has 28 heavy (non-hydrogen) atoms. The lowest BCUT2D eigenvalue weighted by Crippen LogP contribution is -2.08. The second-order valence-electron chi connectivity index (χ2n) is 4.65. The summed E-state index contributed by atoms with van der Waals surface area (Å²) in [4.78, 5) is 39.8. The molecule has 0 fully saturated rings. The number of carboxylic acids is 2. The second-order valence-corrected chi connectivity index (χ2v) is 7.08. The number of nitrogens with zero attached hydrogens (tertiary/aromatic N) is 2. The summed E-state index contributed by atoms with van der Waals surface area (Å²) in [5.41, 5.74) is -2.19. The highest BCUT2D eigenvalue weighted by Gasteiger charge is 2.27. The van der Waals surface area contributed by atoms with Crippen LogP contribution in [0.3, 0.4) is 0 Å². The summed E-state index contributed by atoms with van der Waals surface area (Å²) in [6.07, 6.45) is -0.575. The number of rotatable bonds is 9. The van der Waals surface area contributed by atoms with Gasteiger partial charge in [0.1, 0.15) is 6.16 Å². The first-order chi connectivity index (χ1) is 12.9. The van der Waals surface area contributed by atoms with Gasteiger partial charge in [-0.1, -0.05) is 11.6 Å². The molecule has 156 valence electrons. The van der Waals surface area contributed by atoms with Crippen molar-refractivity contribution in [1.29, 1.82) is 0 Å². The lowest BCUT2D eigenvalue weighted by atomic mass is 10.2. The average Bonchev–Trinajstić information content (AvgIpc) is 2.54. The third-order valence-corrected chi connectivity index (χ3v) is 5.00. The maximum Gasteiger partial charge on any atom is 0.341 e. The zero-order valence-corrected chi connectivity index (χ0v) is 16.2. The monoisotopic (exact) mass is 442 g/mol. The minimum absolute atomic E-state index is 0.185. The van der Waals surface area contributed by atoms with Crippen molar-refractivity contribution in [2.45, 2.75) is 13.8 Å². The molecule has 0 bridgehead atoms. The minimum Gasteiger partial charge on any atom is -0.481 e. The second kappa shape index (κ2) is 11.3. The summed E-state index contributed by atoms with van der Waals surface area (Å²) < 4.78 is 20.9. The van der Waals surface area contributed by atoms with Gasteiger partial charge in [0.25, 0.3) is 11.4 Å². The van der Waals surface area contributed by atoms with Crippen molar-refractivity contribution in [3.63, 3.8) is 0 Å². The van der Waals surface area contributed by atoms with Crippen molar-refractivity contribution in [2.75, 3.05) is 19.4 Å². The fraction of sp³-hybridized carbons (Fsp3) is 0.385. The summed E-state index contributed by atoms with van der Waals surface area (Å²) in [7, 11) is -3.38. The standard InChI is InChI=1S/C7H3ClN2O6.C6H13O5P/c8-6-4(9(13)14)1-3(7(11)12)2-5(6)10(15)16;1-3-10-12(9,11-4-2)5-6(7)8/h1-2H,(H,11,12);3-5H2,1-2H3,(H,7,8). The van der Waals surface area contributed by atoms with Crippen LogP contribution in [0.25, 0.3) is 0 Å². The van der Waals surface area contributed by atoms with Crippen LogP contribution >= 0.6 is 19.2 Å². The van der Waals surface area contributed by atoms with E-state index in [-0.39, 0.29) is 13.2 Å². The van der Waals surface area contributed by atoms with Gasteiger partial charge in [-0.15, -0.1) is 0 Å². The molecule has 0 heterocycles. The molecule has 0 aromatic heterocycles. The van der Waals surface area contributed by atoms with Gasteiger partial charge < -0.3 is 19.3 Å². The van der Waals surface area contributed by atoms with E-state index < -0.39 is 57.5 Å². The number of hydrogen-bond acceptors (Lipinski definition) is 9. The number of nitro groups is 2. The van der Waals surface area contributed by atoms with Crippen LogP contribution in [0.5, 0.6) is 0 Å². The Labute approximate surface area is 162 Å². The number of hydrogen-bond donors (Lipinski definition) is 2. The normalized spacial score (nSPS) is 10.5. The van der Waals surface area contributed by atoms with Gasteiger partial charge in [0.2, 0.25) is 0 Å². The average molecular weight is 443 g/mol. The van der Waals surface area contributed by atoms with Gasteiger partial charge in [-0.3, -0.25) is 29.6 Å². The van der Waals surface area contributed by atoms with Gasteiger partial charge in [0, 0.05) is 12.1 Å². The van der Waals surface area contributed by atoms with Gasteiger partial charge in [0.05, 0.1) is 28.6 Å². The molecule has 0 atom stereocenters. The third kappa shape index (κ3) is 7.96. The maximum absolute atomic E-state index is 11.4. The molecular weight excluding hydrogens is 427 g/mol. The van der Waals surface area contributed by atoms with Gasteiger partial charge in [-0.25, -0.2) is 4.79 Å². The number of carboxylic acid groups (broad SMARTS) is 2. The highest BCUT2D eigenvalue weighted by Crippen LogP contribution is 2.47. The van der Waals surface area contributed by atoms with Crippen LogP contribution in [0.2, 0.25) is 5.02 Å². The molecule has 0 aliphatic carbocycles. The Bertz CT molecular complexity index is 769. The van der Waals surface area contributed by atoms with E-state index in [4.69, 9.17) is 30.9 Å². The van der Waals surface area contributed by atoms with Crippen LogP contribution < -0.4 is 0 Å². The van der Waals surface area contributed by atoms with E-state index in [1.807, 2.05) is 0 Å². The lowest BCUT2D eigenvalue weighted by molar-refractivity contribution is -0.393. The van der Waals surface area contributed by atoms with Crippen LogP contribution in [-0.4, -0.2) is 51.4 Å². The van der Waals surface area contributed by atoms with Gasteiger partial charge in [-0.2, -0.15) is 0 Å². The number of nitro benzene ring substituents is 2. The number of aromatic carboxylic acids is 1. The Hall–Kier alpha value is -2.60. The van der Waals surface area contributed by atoms with Crippen molar-refractivity contribution in [2.24, 2.45) is 0 Å². The Morgan fingerprint density at radius 2 is 1.46 bits per heavy atom. The van der Waals surface area contributed by atoms with E-state index in [0.717, 1.165) is 0 Å². The quantitative estimate of drug-likeness (QED) is 0.323. The van der Waals surface area contributed by atoms with Crippen molar-refractivity contribution in [3.05, 3.63) is 42.9 Å². The molecule has 0 saturated carbocycles. The molecule has 0 saturated heterocycles. The number of halogens is 1. The highest BCUT2D eigenvalue weighted by molar-refractivity contribution is 7.54. The predicted molar refractivity (Wildman–Crippen MR) is 95.1 cm³/mol. The molecule has 1 rings (SSSR count). The minimum atomic E-state index is -3.38. The first-order valence-electron chi connectivity index (χ1n) is 7.34. The van der Waals surface area contributed by atoms with Crippen LogP contribution in [0.4, 0.5) is 11.4 Å². The first kappa shape index (κ1) is 25.4. The van der Waals surface area contributed by atoms with Crippen molar-refractivity contribution >= 4 is 42.5 Å². The zero-order chi connectivity index (χ0) is 22.1. The highest BCUT2D eigenvalue weighted by atomic mass is 35.5. The molecule has 0 aliphatic heterocycles. The largest absolute Gasteiger partial charge is 0.481 e. The summed E-state index contributed by atoms with van der Waals surface area (Å²) in [5.74, 6) is -2.69. The predicted octanol–water partition coefficient (Wildman–Crippen LogP) is 3.19. The molecular formula is C13H16ClN2O11P. The van der Waals surface area contributed by atoms with E-state index in [9.17, 15) is 34.4 Å². The Balaban J connectivity index is 0.000000546. The molecule has 15 heteroatoms. The van der Waals surface area contributed by atoms with Gasteiger partial charge in [0.15, 0.2) is 5.02 Å². The Morgan fingerprint density at radius 1 is 1.07 bits per heavy atom. The zero-order valence-electron chi connectivity index (χ0n) is 14.6. The number of benzene rings is 1. The topological polar surface area (TPSA) is 196 Å². The van der Waals surface area contributed by atoms with Gasteiger partial charge >= 0.3 is 19.5 Å². The summed E-state index contributed by atoms with van der Waals surface area (Å²) in [6, 6.07) is 1.33. The lowest BCUT2D eigenvalue weighted by Gasteiger charge is -2.14. The molecule has 1 aromatic rings.